The lowest BCUT2D eigenvalue weighted by Gasteiger charge is -2.27. The van der Waals surface area contributed by atoms with Gasteiger partial charge in [-0.05, 0) is 20.0 Å². The molecule has 0 aromatic heterocycles. The van der Waals surface area contributed by atoms with Crippen LogP contribution in [0.25, 0.3) is 0 Å². The maximum absolute atomic E-state index is 12.5. The predicted molar refractivity (Wildman–Crippen MR) is 92.1 cm³/mol. The number of rotatable bonds is 7. The SMILES string of the molecule is COc1ccc(CN(C)[C@H](C)C(=O)N2CCNC2=O)c(OC)c1OC. The Hall–Kier alpha value is -2.48. The molecule has 1 saturated heterocycles. The van der Waals surface area contributed by atoms with Crippen molar-refractivity contribution in [1.29, 1.82) is 0 Å². The Morgan fingerprint density at radius 3 is 2.44 bits per heavy atom. The van der Waals surface area contributed by atoms with Gasteiger partial charge in [0.25, 0.3) is 0 Å². The Bertz CT molecular complexity index is 649. The Morgan fingerprint density at radius 1 is 1.24 bits per heavy atom. The molecule has 8 nitrogen and oxygen atoms in total. The van der Waals surface area contributed by atoms with Crippen LogP contribution in [0.15, 0.2) is 12.1 Å². The number of likely N-dealkylation sites (N-methyl/N-ethyl adjacent to an activating group) is 1. The van der Waals surface area contributed by atoms with Gasteiger partial charge in [0, 0.05) is 25.2 Å². The molecule has 0 saturated carbocycles. The molecule has 1 N–H and O–H groups in total. The number of carbonyl (C=O) groups excluding carboxylic acids is 2. The first kappa shape index (κ1) is 18.9. The van der Waals surface area contributed by atoms with Crippen molar-refractivity contribution in [3.05, 3.63) is 17.7 Å². The van der Waals surface area contributed by atoms with Crippen LogP contribution in [0.1, 0.15) is 12.5 Å². The molecule has 2 rings (SSSR count). The third-order valence-corrected chi connectivity index (χ3v) is 4.35. The largest absolute Gasteiger partial charge is 0.493 e. The van der Waals surface area contributed by atoms with Gasteiger partial charge in [0.15, 0.2) is 11.5 Å². The molecule has 1 aliphatic rings. The van der Waals surface area contributed by atoms with E-state index in [0.29, 0.717) is 36.9 Å². The molecule has 1 fully saturated rings. The molecule has 0 unspecified atom stereocenters. The Balaban J connectivity index is 2.18. The summed E-state index contributed by atoms with van der Waals surface area (Å²) in [6, 6.07) is 2.87. The van der Waals surface area contributed by atoms with Gasteiger partial charge in [-0.2, -0.15) is 0 Å². The molecule has 0 aliphatic carbocycles. The molecule has 1 heterocycles. The summed E-state index contributed by atoms with van der Waals surface area (Å²) in [6.45, 7) is 3.12. The van der Waals surface area contributed by atoms with Crippen molar-refractivity contribution in [3.8, 4) is 17.2 Å². The molecule has 1 aliphatic heterocycles. The molecular weight excluding hydrogens is 326 g/mol. The topological polar surface area (TPSA) is 80.3 Å². The molecule has 3 amide bonds. The number of amides is 3. The lowest BCUT2D eigenvalue weighted by molar-refractivity contribution is -0.132. The average Bonchev–Trinajstić information content (AvgIpc) is 3.05. The Labute approximate surface area is 147 Å². The summed E-state index contributed by atoms with van der Waals surface area (Å²) in [4.78, 5) is 27.3. The maximum Gasteiger partial charge on any atom is 0.324 e. The van der Waals surface area contributed by atoms with E-state index >= 15 is 0 Å². The third-order valence-electron chi connectivity index (χ3n) is 4.35. The van der Waals surface area contributed by atoms with Gasteiger partial charge in [-0.1, -0.05) is 6.07 Å². The standard InChI is InChI=1S/C17H25N3O5/c1-11(16(21)20-9-8-18-17(20)22)19(2)10-12-6-7-13(23-3)15(25-5)14(12)24-4/h6-7,11H,8-10H2,1-5H3,(H,18,22)/t11-/m1/s1. The second kappa shape index (κ2) is 8.06. The quantitative estimate of drug-likeness (QED) is 0.792. The van der Waals surface area contributed by atoms with E-state index in [0.717, 1.165) is 5.56 Å². The second-order valence-electron chi connectivity index (χ2n) is 5.81. The number of nitrogens with zero attached hydrogens (tertiary/aromatic N) is 2. The van der Waals surface area contributed by atoms with Crippen LogP contribution in [-0.4, -0.2) is 69.2 Å². The zero-order valence-electron chi connectivity index (χ0n) is 15.3. The van der Waals surface area contributed by atoms with Gasteiger partial charge in [-0.25, -0.2) is 4.79 Å². The highest BCUT2D eigenvalue weighted by atomic mass is 16.5. The molecule has 25 heavy (non-hydrogen) atoms. The third kappa shape index (κ3) is 3.79. The fraction of sp³-hybridized carbons (Fsp3) is 0.529. The highest BCUT2D eigenvalue weighted by molar-refractivity contribution is 5.98. The van der Waals surface area contributed by atoms with Gasteiger partial charge < -0.3 is 19.5 Å². The van der Waals surface area contributed by atoms with Crippen molar-refractivity contribution in [2.24, 2.45) is 0 Å². The van der Waals surface area contributed by atoms with E-state index in [1.54, 1.807) is 34.3 Å². The fourth-order valence-electron chi connectivity index (χ4n) is 2.79. The number of hydrogen-bond donors (Lipinski definition) is 1. The smallest absolute Gasteiger partial charge is 0.324 e. The molecule has 1 aromatic rings. The highest BCUT2D eigenvalue weighted by Crippen LogP contribution is 2.40. The lowest BCUT2D eigenvalue weighted by Crippen LogP contribution is -2.46. The van der Waals surface area contributed by atoms with Crippen molar-refractivity contribution >= 4 is 11.9 Å². The number of carbonyl (C=O) groups is 2. The number of benzene rings is 1. The normalized spacial score (nSPS) is 15.1. The number of methoxy groups -OCH3 is 3. The highest BCUT2D eigenvalue weighted by Gasteiger charge is 2.31. The van der Waals surface area contributed by atoms with E-state index in [2.05, 4.69) is 5.32 Å². The van der Waals surface area contributed by atoms with Crippen LogP contribution in [0.2, 0.25) is 0 Å². The van der Waals surface area contributed by atoms with Crippen molar-refractivity contribution < 1.29 is 23.8 Å². The summed E-state index contributed by atoms with van der Waals surface area (Å²) in [5.74, 6) is 1.42. The van der Waals surface area contributed by atoms with E-state index in [1.165, 1.54) is 4.90 Å². The van der Waals surface area contributed by atoms with E-state index in [-0.39, 0.29) is 11.9 Å². The van der Waals surface area contributed by atoms with Gasteiger partial charge in [0.1, 0.15) is 0 Å². The Kier molecular flexibility index (Phi) is 6.08. The number of hydrogen-bond acceptors (Lipinski definition) is 6. The van der Waals surface area contributed by atoms with E-state index < -0.39 is 6.04 Å². The van der Waals surface area contributed by atoms with Crippen LogP contribution in [0.3, 0.4) is 0 Å². The second-order valence-corrected chi connectivity index (χ2v) is 5.81. The summed E-state index contributed by atoms with van der Waals surface area (Å²) in [5, 5.41) is 2.64. The fourth-order valence-corrected chi connectivity index (χ4v) is 2.79. The average molecular weight is 351 g/mol. The van der Waals surface area contributed by atoms with Crippen LogP contribution in [0.4, 0.5) is 4.79 Å². The summed E-state index contributed by atoms with van der Waals surface area (Å²) in [6.07, 6.45) is 0. The first-order valence-electron chi connectivity index (χ1n) is 8.01. The molecule has 8 heteroatoms. The van der Waals surface area contributed by atoms with Crippen LogP contribution in [-0.2, 0) is 11.3 Å². The molecule has 0 bridgehead atoms. The Morgan fingerprint density at radius 2 is 1.92 bits per heavy atom. The minimum Gasteiger partial charge on any atom is -0.493 e. The summed E-state index contributed by atoms with van der Waals surface area (Å²) >= 11 is 0. The van der Waals surface area contributed by atoms with E-state index in [9.17, 15) is 9.59 Å². The van der Waals surface area contributed by atoms with Crippen LogP contribution in [0.5, 0.6) is 17.2 Å². The molecule has 1 atom stereocenters. The number of nitrogens with one attached hydrogen (secondary N) is 1. The molecular formula is C17H25N3O5. The van der Waals surface area contributed by atoms with E-state index in [4.69, 9.17) is 14.2 Å². The molecule has 0 radical (unpaired) electrons. The lowest BCUT2D eigenvalue weighted by atomic mass is 10.1. The summed E-state index contributed by atoms with van der Waals surface area (Å²) in [5.41, 5.74) is 0.855. The zero-order chi connectivity index (χ0) is 18.6. The molecule has 0 spiro atoms. The monoisotopic (exact) mass is 351 g/mol. The van der Waals surface area contributed by atoms with Crippen molar-refractivity contribution in [3.63, 3.8) is 0 Å². The van der Waals surface area contributed by atoms with Crippen LogP contribution >= 0.6 is 0 Å². The number of imide groups is 1. The van der Waals surface area contributed by atoms with Gasteiger partial charge in [0.2, 0.25) is 11.7 Å². The van der Waals surface area contributed by atoms with Gasteiger partial charge >= 0.3 is 6.03 Å². The number of urea groups is 1. The molecule has 138 valence electrons. The van der Waals surface area contributed by atoms with Crippen molar-refractivity contribution in [1.82, 2.24) is 15.1 Å². The summed E-state index contributed by atoms with van der Waals surface area (Å²) < 4.78 is 16.1. The van der Waals surface area contributed by atoms with Crippen molar-refractivity contribution in [2.45, 2.75) is 19.5 Å². The first-order valence-corrected chi connectivity index (χ1v) is 8.01. The first-order chi connectivity index (χ1) is 11.9. The van der Waals surface area contributed by atoms with Crippen LogP contribution < -0.4 is 19.5 Å². The van der Waals surface area contributed by atoms with Gasteiger partial charge in [-0.15, -0.1) is 0 Å². The van der Waals surface area contributed by atoms with Gasteiger partial charge in [-0.3, -0.25) is 14.6 Å². The number of ether oxygens (including phenoxy) is 3. The maximum atomic E-state index is 12.5. The predicted octanol–water partition coefficient (Wildman–Crippen LogP) is 1.08. The zero-order valence-corrected chi connectivity index (χ0v) is 15.3. The minimum atomic E-state index is -0.457. The van der Waals surface area contributed by atoms with Crippen LogP contribution in [0, 0.1) is 0 Å². The van der Waals surface area contributed by atoms with E-state index in [1.807, 2.05) is 18.0 Å². The molecule has 1 aromatic carbocycles. The summed E-state index contributed by atoms with van der Waals surface area (Å²) in [7, 11) is 6.49. The van der Waals surface area contributed by atoms with Gasteiger partial charge in [0.05, 0.1) is 27.4 Å². The minimum absolute atomic E-state index is 0.225. The van der Waals surface area contributed by atoms with Crippen molar-refractivity contribution in [2.75, 3.05) is 41.5 Å².